The first-order valence-corrected chi connectivity index (χ1v) is 11.1. The van der Waals surface area contributed by atoms with Crippen molar-refractivity contribution in [1.82, 2.24) is 24.4 Å². The summed E-state index contributed by atoms with van der Waals surface area (Å²) in [7, 11) is 0. The van der Waals surface area contributed by atoms with Gasteiger partial charge in [-0.1, -0.05) is 54.5 Å². The largest absolute Gasteiger partial charge is 0.492 e. The zero-order chi connectivity index (χ0) is 19.8. The number of hydrogen-bond donors (Lipinski definition) is 1. The highest BCUT2D eigenvalue weighted by Crippen LogP contribution is 2.41. The number of aryl methyl sites for hydroxylation is 1. The van der Waals surface area contributed by atoms with Gasteiger partial charge in [-0.3, -0.25) is 4.90 Å². The van der Waals surface area contributed by atoms with Crippen LogP contribution in [0.25, 0.3) is 4.96 Å². The summed E-state index contributed by atoms with van der Waals surface area (Å²) in [5.74, 6) is 0.886. The smallest absolute Gasteiger partial charge is 0.230 e. The summed E-state index contributed by atoms with van der Waals surface area (Å²) in [5.41, 5.74) is 1.01. The van der Waals surface area contributed by atoms with Gasteiger partial charge in [0.25, 0.3) is 0 Å². The Morgan fingerprint density at radius 3 is 2.50 bits per heavy atom. The van der Waals surface area contributed by atoms with Crippen LogP contribution in [0.15, 0.2) is 18.2 Å². The summed E-state index contributed by atoms with van der Waals surface area (Å²) >= 11 is 13.9. The molecule has 150 valence electrons. The van der Waals surface area contributed by atoms with E-state index in [4.69, 9.17) is 23.2 Å². The van der Waals surface area contributed by atoms with Crippen LogP contribution in [-0.4, -0.2) is 62.2 Å². The number of halogens is 2. The van der Waals surface area contributed by atoms with Crippen LogP contribution < -0.4 is 0 Å². The molecule has 0 spiro atoms. The number of likely N-dealkylation sites (N-methyl/N-ethyl adjacent to an activating group) is 1. The lowest BCUT2D eigenvalue weighted by molar-refractivity contribution is 0.113. The molecule has 0 bridgehead atoms. The summed E-state index contributed by atoms with van der Waals surface area (Å²) in [6, 6.07) is 5.58. The van der Waals surface area contributed by atoms with E-state index in [0.29, 0.717) is 15.0 Å². The van der Waals surface area contributed by atoms with Crippen LogP contribution in [0, 0.1) is 0 Å². The molecule has 1 atom stereocenters. The summed E-state index contributed by atoms with van der Waals surface area (Å²) in [5, 5.41) is 16.4. The molecule has 0 saturated carbocycles. The molecule has 0 amide bonds. The summed E-state index contributed by atoms with van der Waals surface area (Å²) in [4.78, 5) is 10.9. The molecule has 1 aromatic carbocycles. The standard InChI is InChI=1S/C19H23Cl2N5OS/c1-3-15-22-19-26(23-15)18(27)17(28-19)16(12-5-6-13(20)14(21)11-12)25-9-7-24(4-2)8-10-25/h5-6,11,16,27H,3-4,7-10H2,1-2H3/t16-/m0/s1. The van der Waals surface area contributed by atoms with Crippen LogP contribution >= 0.6 is 34.5 Å². The molecule has 1 saturated heterocycles. The van der Waals surface area contributed by atoms with Crippen LogP contribution in [0.4, 0.5) is 0 Å². The second kappa shape index (κ2) is 8.16. The lowest BCUT2D eigenvalue weighted by Crippen LogP contribution is -2.47. The summed E-state index contributed by atoms with van der Waals surface area (Å²) < 4.78 is 1.55. The van der Waals surface area contributed by atoms with Gasteiger partial charge >= 0.3 is 0 Å². The minimum Gasteiger partial charge on any atom is -0.492 e. The highest BCUT2D eigenvalue weighted by Gasteiger charge is 2.31. The van der Waals surface area contributed by atoms with Crippen LogP contribution in [-0.2, 0) is 6.42 Å². The van der Waals surface area contributed by atoms with Gasteiger partial charge in [-0.2, -0.15) is 4.52 Å². The molecule has 0 radical (unpaired) electrons. The molecule has 1 N–H and O–H groups in total. The minimum absolute atomic E-state index is 0.118. The van der Waals surface area contributed by atoms with Gasteiger partial charge in [0.2, 0.25) is 10.8 Å². The molecule has 0 aliphatic carbocycles. The average molecular weight is 440 g/mol. The van der Waals surface area contributed by atoms with Crippen LogP contribution in [0.3, 0.4) is 0 Å². The van der Waals surface area contributed by atoms with Crippen LogP contribution in [0.1, 0.15) is 36.2 Å². The van der Waals surface area contributed by atoms with Gasteiger partial charge < -0.3 is 10.0 Å². The molecule has 6 nitrogen and oxygen atoms in total. The van der Waals surface area contributed by atoms with Gasteiger partial charge in [0.1, 0.15) is 0 Å². The van der Waals surface area contributed by atoms with Crippen molar-refractivity contribution in [3.63, 3.8) is 0 Å². The molecule has 3 aromatic rings. The van der Waals surface area contributed by atoms with Gasteiger partial charge in [-0.25, -0.2) is 4.98 Å². The highest BCUT2D eigenvalue weighted by molar-refractivity contribution is 7.17. The topological polar surface area (TPSA) is 56.9 Å². The van der Waals surface area contributed by atoms with Gasteiger partial charge in [-0.05, 0) is 24.2 Å². The molecular weight excluding hydrogens is 417 g/mol. The Balaban J connectivity index is 1.77. The predicted molar refractivity (Wildman–Crippen MR) is 114 cm³/mol. The van der Waals surface area contributed by atoms with Gasteiger partial charge in [0, 0.05) is 32.6 Å². The van der Waals surface area contributed by atoms with Crippen molar-refractivity contribution < 1.29 is 5.11 Å². The fourth-order valence-electron chi connectivity index (χ4n) is 3.67. The molecule has 1 aliphatic heterocycles. The third-order valence-electron chi connectivity index (χ3n) is 5.29. The molecule has 28 heavy (non-hydrogen) atoms. The number of rotatable bonds is 5. The zero-order valence-corrected chi connectivity index (χ0v) is 18.2. The van der Waals surface area contributed by atoms with E-state index in [-0.39, 0.29) is 11.9 Å². The molecule has 4 rings (SSSR count). The maximum Gasteiger partial charge on any atom is 0.230 e. The SMILES string of the molecule is CCc1nc2sc([C@H](c3ccc(Cl)c(Cl)c3)N3CCN(CC)CC3)c(O)n2n1. The Morgan fingerprint density at radius 2 is 1.89 bits per heavy atom. The van der Waals surface area contributed by atoms with Gasteiger partial charge in [-0.15, -0.1) is 5.10 Å². The maximum atomic E-state index is 11.0. The fourth-order valence-corrected chi connectivity index (χ4v) is 5.11. The van der Waals surface area contributed by atoms with Gasteiger partial charge in [0.15, 0.2) is 5.82 Å². The maximum absolute atomic E-state index is 11.0. The van der Waals surface area contributed by atoms with Crippen molar-refractivity contribution in [2.75, 3.05) is 32.7 Å². The van der Waals surface area contributed by atoms with Crippen LogP contribution in [0.2, 0.25) is 10.0 Å². The number of thiazole rings is 1. The third-order valence-corrected chi connectivity index (χ3v) is 7.10. The third kappa shape index (κ3) is 3.62. The number of hydrogen-bond acceptors (Lipinski definition) is 6. The van der Waals surface area contributed by atoms with Crippen LogP contribution in [0.5, 0.6) is 5.88 Å². The minimum atomic E-state index is -0.118. The van der Waals surface area contributed by atoms with E-state index in [2.05, 4.69) is 26.8 Å². The number of nitrogens with zero attached hydrogens (tertiary/aromatic N) is 5. The van der Waals surface area contributed by atoms with E-state index in [0.717, 1.165) is 55.4 Å². The van der Waals surface area contributed by atoms with E-state index >= 15 is 0 Å². The van der Waals surface area contributed by atoms with Crippen molar-refractivity contribution >= 4 is 39.5 Å². The molecule has 1 fully saturated rings. The number of benzene rings is 1. The normalized spacial score (nSPS) is 17.4. The highest BCUT2D eigenvalue weighted by atomic mass is 35.5. The van der Waals surface area contributed by atoms with E-state index in [9.17, 15) is 5.11 Å². The van der Waals surface area contributed by atoms with Crippen molar-refractivity contribution in [2.45, 2.75) is 26.3 Å². The second-order valence-corrected chi connectivity index (χ2v) is 8.74. The first kappa shape index (κ1) is 19.9. The number of aromatic nitrogens is 3. The number of fused-ring (bicyclic) bond motifs is 1. The molecule has 3 heterocycles. The Hall–Kier alpha value is -1.38. The Labute approximate surface area is 178 Å². The average Bonchev–Trinajstić information content (AvgIpc) is 3.25. The first-order valence-electron chi connectivity index (χ1n) is 9.50. The van der Waals surface area contributed by atoms with Crippen molar-refractivity contribution in [3.05, 3.63) is 44.5 Å². The van der Waals surface area contributed by atoms with E-state index in [1.54, 1.807) is 4.52 Å². The van der Waals surface area contributed by atoms with E-state index in [1.807, 2.05) is 25.1 Å². The lowest BCUT2D eigenvalue weighted by Gasteiger charge is -2.38. The quantitative estimate of drug-likeness (QED) is 0.648. The number of piperazine rings is 1. The lowest BCUT2D eigenvalue weighted by atomic mass is 10.0. The van der Waals surface area contributed by atoms with Crippen molar-refractivity contribution in [2.24, 2.45) is 0 Å². The number of aromatic hydroxyl groups is 1. The van der Waals surface area contributed by atoms with E-state index in [1.165, 1.54) is 11.3 Å². The monoisotopic (exact) mass is 439 g/mol. The Morgan fingerprint density at radius 1 is 1.14 bits per heavy atom. The van der Waals surface area contributed by atoms with E-state index < -0.39 is 0 Å². The van der Waals surface area contributed by atoms with Crippen molar-refractivity contribution in [1.29, 1.82) is 0 Å². The summed E-state index contributed by atoms with van der Waals surface area (Å²) in [6.07, 6.45) is 0.734. The fraction of sp³-hybridized carbons (Fsp3) is 0.474. The Bertz CT molecular complexity index is 980. The van der Waals surface area contributed by atoms with Gasteiger partial charge in [0.05, 0.1) is 21.0 Å². The predicted octanol–water partition coefficient (Wildman–Crippen LogP) is 4.09. The molecule has 2 aromatic heterocycles. The zero-order valence-electron chi connectivity index (χ0n) is 15.9. The molecule has 0 unspecified atom stereocenters. The molecular formula is C19H23Cl2N5OS. The Kier molecular flexibility index (Phi) is 5.81. The molecule has 9 heteroatoms. The second-order valence-electron chi connectivity index (χ2n) is 6.91. The molecule has 1 aliphatic rings. The first-order chi connectivity index (χ1) is 13.5. The van der Waals surface area contributed by atoms with Crippen molar-refractivity contribution in [3.8, 4) is 5.88 Å². The summed E-state index contributed by atoms with van der Waals surface area (Å²) in [6.45, 7) is 9.04.